The van der Waals surface area contributed by atoms with E-state index in [-0.39, 0.29) is 10.3 Å². The third-order valence-corrected chi connectivity index (χ3v) is 4.40. The zero-order valence-corrected chi connectivity index (χ0v) is 12.7. The third-order valence-electron chi connectivity index (χ3n) is 2.87. The highest BCUT2D eigenvalue weighted by atomic mass is 32.1. The van der Waals surface area contributed by atoms with Crippen molar-refractivity contribution in [2.24, 2.45) is 0 Å². The van der Waals surface area contributed by atoms with Crippen LogP contribution in [-0.4, -0.2) is 11.1 Å². The summed E-state index contributed by atoms with van der Waals surface area (Å²) in [5, 5.41) is 9.27. The lowest BCUT2D eigenvalue weighted by atomic mass is 9.95. The van der Waals surface area contributed by atoms with Gasteiger partial charge in [0, 0.05) is 4.88 Å². The van der Waals surface area contributed by atoms with Gasteiger partial charge < -0.3 is 9.84 Å². The van der Waals surface area contributed by atoms with E-state index in [0.717, 1.165) is 10.4 Å². The summed E-state index contributed by atoms with van der Waals surface area (Å²) in [5.41, 5.74) is 0.941. The molecule has 1 aromatic carbocycles. The van der Waals surface area contributed by atoms with Crippen LogP contribution in [0.2, 0.25) is 0 Å². The van der Waals surface area contributed by atoms with Crippen molar-refractivity contribution in [1.29, 1.82) is 0 Å². The molecule has 0 radical (unpaired) electrons. The molecule has 1 N–H and O–H groups in total. The highest BCUT2D eigenvalue weighted by molar-refractivity contribution is 7.14. The van der Waals surface area contributed by atoms with Gasteiger partial charge in [0.2, 0.25) is 0 Å². The zero-order chi connectivity index (χ0) is 14.8. The van der Waals surface area contributed by atoms with Gasteiger partial charge in [0.25, 0.3) is 0 Å². The average molecular weight is 290 g/mol. The van der Waals surface area contributed by atoms with E-state index in [1.807, 2.05) is 36.4 Å². The van der Waals surface area contributed by atoms with E-state index < -0.39 is 5.97 Å². The Balaban J connectivity index is 2.22. The van der Waals surface area contributed by atoms with E-state index in [9.17, 15) is 9.90 Å². The minimum absolute atomic E-state index is 0.0801. The monoisotopic (exact) mass is 290 g/mol. The summed E-state index contributed by atoms with van der Waals surface area (Å²) >= 11 is 1.29. The summed E-state index contributed by atoms with van der Waals surface area (Å²) in [4.78, 5) is 12.6. The first-order valence-electron chi connectivity index (χ1n) is 6.42. The number of carbonyl (C=O) groups is 1. The van der Waals surface area contributed by atoms with Crippen LogP contribution in [0.4, 0.5) is 0 Å². The molecule has 2 aromatic rings. The van der Waals surface area contributed by atoms with Gasteiger partial charge in [-0.3, -0.25) is 0 Å². The van der Waals surface area contributed by atoms with E-state index >= 15 is 0 Å². The number of benzene rings is 1. The molecule has 0 unspecified atom stereocenters. The van der Waals surface area contributed by atoms with Gasteiger partial charge in [-0.15, -0.1) is 11.3 Å². The lowest BCUT2D eigenvalue weighted by molar-refractivity contribution is 0.0697. The lowest BCUT2D eigenvalue weighted by Crippen LogP contribution is -2.08. The zero-order valence-electron chi connectivity index (χ0n) is 11.8. The van der Waals surface area contributed by atoms with Gasteiger partial charge in [0.05, 0.1) is 0 Å². The quantitative estimate of drug-likeness (QED) is 0.912. The Morgan fingerprint density at radius 1 is 1.25 bits per heavy atom. The number of hydrogen-bond acceptors (Lipinski definition) is 3. The Morgan fingerprint density at radius 3 is 2.45 bits per heavy atom. The fourth-order valence-electron chi connectivity index (χ4n) is 1.74. The Hall–Kier alpha value is -1.81. The molecule has 4 heteroatoms. The number of rotatable bonds is 4. The molecule has 0 bridgehead atoms. The number of ether oxygens (including phenoxy) is 1. The topological polar surface area (TPSA) is 46.5 Å². The summed E-state index contributed by atoms with van der Waals surface area (Å²) in [6.45, 7) is 6.56. The fourth-order valence-corrected chi connectivity index (χ4v) is 2.73. The molecule has 3 nitrogen and oxygen atoms in total. The number of hydrogen-bond donors (Lipinski definition) is 1. The van der Waals surface area contributed by atoms with Gasteiger partial charge in [-0.25, -0.2) is 4.79 Å². The van der Waals surface area contributed by atoms with E-state index in [0.29, 0.717) is 12.4 Å². The molecule has 0 aliphatic heterocycles. The molecule has 1 heterocycles. The largest absolute Gasteiger partial charge is 0.487 e. The molecule has 0 amide bonds. The molecule has 1 aromatic heterocycles. The minimum Gasteiger partial charge on any atom is -0.487 e. The summed E-state index contributed by atoms with van der Waals surface area (Å²) in [5.74, 6) is -0.482. The van der Waals surface area contributed by atoms with Crippen LogP contribution in [0.5, 0.6) is 5.75 Å². The van der Waals surface area contributed by atoms with Crippen LogP contribution in [0.1, 0.15) is 40.9 Å². The molecular formula is C16H18O3S. The van der Waals surface area contributed by atoms with Gasteiger partial charge in [0.15, 0.2) is 4.88 Å². The predicted octanol–water partition coefficient (Wildman–Crippen LogP) is 4.32. The SMILES string of the molecule is CC(C)(C)c1cc(OCc2ccccc2)c(C(=O)O)s1. The van der Waals surface area contributed by atoms with Crippen LogP contribution < -0.4 is 4.74 Å². The highest BCUT2D eigenvalue weighted by Gasteiger charge is 2.23. The van der Waals surface area contributed by atoms with E-state index in [1.54, 1.807) is 0 Å². The molecule has 0 fully saturated rings. The maximum absolute atomic E-state index is 11.3. The Bertz CT molecular complexity index is 594. The first kappa shape index (κ1) is 14.6. The van der Waals surface area contributed by atoms with Crippen molar-refractivity contribution in [1.82, 2.24) is 0 Å². The highest BCUT2D eigenvalue weighted by Crippen LogP contribution is 2.37. The normalized spacial score (nSPS) is 11.3. The smallest absolute Gasteiger partial charge is 0.349 e. The van der Waals surface area contributed by atoms with Gasteiger partial charge >= 0.3 is 5.97 Å². The molecular weight excluding hydrogens is 272 g/mol. The van der Waals surface area contributed by atoms with Gasteiger partial charge in [0.1, 0.15) is 12.4 Å². The molecule has 0 saturated heterocycles. The van der Waals surface area contributed by atoms with Crippen LogP contribution in [0.3, 0.4) is 0 Å². The lowest BCUT2D eigenvalue weighted by Gasteiger charge is -2.14. The maximum atomic E-state index is 11.3. The van der Waals surface area contributed by atoms with Crippen LogP contribution in [0.15, 0.2) is 36.4 Å². The van der Waals surface area contributed by atoms with E-state index in [2.05, 4.69) is 20.8 Å². The van der Waals surface area contributed by atoms with Crippen LogP contribution in [0, 0.1) is 0 Å². The van der Waals surface area contributed by atoms with Crippen molar-refractivity contribution in [3.8, 4) is 5.75 Å². The summed E-state index contributed by atoms with van der Waals surface area (Å²) in [7, 11) is 0. The summed E-state index contributed by atoms with van der Waals surface area (Å²) in [6, 6.07) is 11.6. The maximum Gasteiger partial charge on any atom is 0.349 e. The number of thiophene rings is 1. The second-order valence-electron chi connectivity index (χ2n) is 5.63. The molecule has 2 rings (SSSR count). The van der Waals surface area contributed by atoms with Gasteiger partial charge in [-0.1, -0.05) is 51.1 Å². The number of aromatic carboxylic acids is 1. The third kappa shape index (κ3) is 3.39. The van der Waals surface area contributed by atoms with E-state index in [4.69, 9.17) is 4.74 Å². The van der Waals surface area contributed by atoms with Crippen molar-refractivity contribution in [3.63, 3.8) is 0 Å². The summed E-state index contributed by atoms with van der Waals surface area (Å²) in [6.07, 6.45) is 0. The van der Waals surface area contributed by atoms with Crippen molar-refractivity contribution < 1.29 is 14.6 Å². The second kappa shape index (κ2) is 5.67. The first-order valence-corrected chi connectivity index (χ1v) is 7.24. The molecule has 0 spiro atoms. The Morgan fingerprint density at radius 2 is 1.90 bits per heavy atom. The summed E-state index contributed by atoms with van der Waals surface area (Å²) < 4.78 is 5.69. The van der Waals surface area contributed by atoms with Crippen LogP contribution >= 0.6 is 11.3 Å². The number of carboxylic acids is 1. The van der Waals surface area contributed by atoms with Crippen LogP contribution in [0.25, 0.3) is 0 Å². The molecule has 0 atom stereocenters. The standard InChI is InChI=1S/C16H18O3S/c1-16(2,3)13-9-12(14(20-13)15(17)18)19-10-11-7-5-4-6-8-11/h4-9H,10H2,1-3H3,(H,17,18). The minimum atomic E-state index is -0.937. The molecule has 0 saturated carbocycles. The Labute approximate surface area is 122 Å². The second-order valence-corrected chi connectivity index (χ2v) is 6.69. The Kier molecular flexibility index (Phi) is 4.14. The van der Waals surface area contributed by atoms with Gasteiger partial charge in [-0.05, 0) is 17.0 Å². The molecule has 20 heavy (non-hydrogen) atoms. The molecule has 0 aliphatic rings. The molecule has 106 valence electrons. The van der Waals surface area contributed by atoms with E-state index in [1.165, 1.54) is 11.3 Å². The fraction of sp³-hybridized carbons (Fsp3) is 0.312. The average Bonchev–Trinajstić information content (AvgIpc) is 2.82. The number of carboxylic acid groups (broad SMARTS) is 1. The van der Waals surface area contributed by atoms with Gasteiger partial charge in [-0.2, -0.15) is 0 Å². The van der Waals surface area contributed by atoms with Crippen molar-refractivity contribution >= 4 is 17.3 Å². The van der Waals surface area contributed by atoms with Crippen molar-refractivity contribution in [2.75, 3.05) is 0 Å². The predicted molar refractivity (Wildman–Crippen MR) is 80.8 cm³/mol. The molecule has 0 aliphatic carbocycles. The first-order chi connectivity index (χ1) is 9.38. The van der Waals surface area contributed by atoms with Crippen LogP contribution in [-0.2, 0) is 12.0 Å². The van der Waals surface area contributed by atoms with Crippen molar-refractivity contribution in [2.45, 2.75) is 32.8 Å². The van der Waals surface area contributed by atoms with Crippen molar-refractivity contribution in [3.05, 3.63) is 51.7 Å².